The van der Waals surface area contributed by atoms with Crippen molar-refractivity contribution in [1.29, 1.82) is 0 Å². The minimum absolute atomic E-state index is 0.150. The lowest BCUT2D eigenvalue weighted by atomic mass is 9.84. The third kappa shape index (κ3) is 4.28. The summed E-state index contributed by atoms with van der Waals surface area (Å²) in [7, 11) is -2.11. The van der Waals surface area contributed by atoms with Gasteiger partial charge >= 0.3 is 0 Å². The van der Waals surface area contributed by atoms with E-state index in [9.17, 15) is 8.42 Å². The van der Waals surface area contributed by atoms with Crippen molar-refractivity contribution >= 4 is 10.0 Å². The van der Waals surface area contributed by atoms with E-state index in [1.165, 1.54) is 0 Å². The van der Waals surface area contributed by atoms with E-state index >= 15 is 0 Å². The first kappa shape index (κ1) is 21.7. The van der Waals surface area contributed by atoms with Gasteiger partial charge in [-0.3, -0.25) is 0 Å². The van der Waals surface area contributed by atoms with Gasteiger partial charge in [-0.2, -0.15) is 0 Å². The molecule has 1 N–H and O–H groups in total. The maximum Gasteiger partial charge on any atom is 0.241 e. The Labute approximate surface area is 174 Å². The van der Waals surface area contributed by atoms with Crippen molar-refractivity contribution in [3.8, 4) is 11.5 Å². The van der Waals surface area contributed by atoms with Gasteiger partial charge < -0.3 is 9.47 Å². The second-order valence-corrected chi connectivity index (χ2v) is 9.68. The number of para-hydroxylation sites is 1. The SMILES string of the molecule is CCC1(CC)C[C@H](NS(=O)(=O)c2ccc(OC)c(C(C)C)c2)c2ccccc2O1. The van der Waals surface area contributed by atoms with Gasteiger partial charge in [0.15, 0.2) is 0 Å². The van der Waals surface area contributed by atoms with Gasteiger partial charge in [0.25, 0.3) is 0 Å². The topological polar surface area (TPSA) is 64.6 Å². The molecule has 1 heterocycles. The summed E-state index contributed by atoms with van der Waals surface area (Å²) in [4.78, 5) is 0.254. The fraction of sp³-hybridized carbons (Fsp3) is 0.478. The van der Waals surface area contributed by atoms with Gasteiger partial charge in [0.2, 0.25) is 10.0 Å². The van der Waals surface area contributed by atoms with Gasteiger partial charge in [0.05, 0.1) is 18.0 Å². The molecular weight excluding hydrogens is 386 g/mol. The first-order valence-electron chi connectivity index (χ1n) is 10.2. The zero-order chi connectivity index (χ0) is 21.2. The number of nitrogens with one attached hydrogen (secondary N) is 1. The molecule has 0 unspecified atom stereocenters. The molecule has 1 aliphatic heterocycles. The van der Waals surface area contributed by atoms with Gasteiger partial charge in [-0.05, 0) is 48.6 Å². The van der Waals surface area contributed by atoms with E-state index in [0.717, 1.165) is 29.7 Å². The van der Waals surface area contributed by atoms with E-state index in [2.05, 4.69) is 18.6 Å². The lowest BCUT2D eigenvalue weighted by molar-refractivity contribution is 0.0260. The monoisotopic (exact) mass is 417 g/mol. The van der Waals surface area contributed by atoms with Crippen molar-refractivity contribution < 1.29 is 17.9 Å². The van der Waals surface area contributed by atoms with Crippen molar-refractivity contribution in [2.24, 2.45) is 0 Å². The van der Waals surface area contributed by atoms with Crippen LogP contribution in [0.4, 0.5) is 0 Å². The van der Waals surface area contributed by atoms with Crippen molar-refractivity contribution in [2.45, 2.75) is 69.4 Å². The van der Waals surface area contributed by atoms with Gasteiger partial charge in [0, 0.05) is 12.0 Å². The average Bonchev–Trinajstić information content (AvgIpc) is 2.72. The lowest BCUT2D eigenvalue weighted by Gasteiger charge is -2.41. The average molecular weight is 418 g/mol. The van der Waals surface area contributed by atoms with Crippen molar-refractivity contribution in [3.05, 3.63) is 53.6 Å². The molecule has 0 saturated carbocycles. The Kier molecular flexibility index (Phi) is 6.24. The number of rotatable bonds is 7. The summed E-state index contributed by atoms with van der Waals surface area (Å²) in [6.45, 7) is 8.21. The van der Waals surface area contributed by atoms with Crippen LogP contribution < -0.4 is 14.2 Å². The molecule has 2 aromatic carbocycles. The van der Waals surface area contributed by atoms with Crippen molar-refractivity contribution in [3.63, 3.8) is 0 Å². The number of benzene rings is 2. The zero-order valence-electron chi connectivity index (χ0n) is 17.9. The van der Waals surface area contributed by atoms with E-state index in [4.69, 9.17) is 9.47 Å². The molecular formula is C23H31NO4S. The number of fused-ring (bicyclic) bond motifs is 1. The molecule has 0 bridgehead atoms. The van der Waals surface area contributed by atoms with Crippen LogP contribution >= 0.6 is 0 Å². The van der Waals surface area contributed by atoms with Crippen molar-refractivity contribution in [2.75, 3.05) is 7.11 Å². The molecule has 0 saturated heterocycles. The van der Waals surface area contributed by atoms with Crippen LogP contribution in [0.15, 0.2) is 47.4 Å². The Morgan fingerprint density at radius 3 is 2.48 bits per heavy atom. The molecule has 6 heteroatoms. The van der Waals surface area contributed by atoms with E-state index in [-0.39, 0.29) is 22.5 Å². The largest absolute Gasteiger partial charge is 0.496 e. The summed E-state index contributed by atoms with van der Waals surface area (Å²) in [5, 5.41) is 0. The van der Waals surface area contributed by atoms with E-state index in [1.807, 2.05) is 38.1 Å². The molecule has 0 spiro atoms. The number of ether oxygens (including phenoxy) is 2. The second-order valence-electron chi connectivity index (χ2n) is 7.97. The third-order valence-electron chi connectivity index (χ3n) is 5.92. The normalized spacial score (nSPS) is 18.2. The third-order valence-corrected chi connectivity index (χ3v) is 7.39. The summed E-state index contributed by atoms with van der Waals surface area (Å²) >= 11 is 0. The fourth-order valence-corrected chi connectivity index (χ4v) is 5.24. The van der Waals surface area contributed by atoms with Crippen LogP contribution in [0.2, 0.25) is 0 Å². The summed E-state index contributed by atoms with van der Waals surface area (Å²) in [5.41, 5.74) is 1.38. The van der Waals surface area contributed by atoms with Crippen LogP contribution in [0.5, 0.6) is 11.5 Å². The summed E-state index contributed by atoms with van der Waals surface area (Å²) < 4.78 is 41.2. The summed E-state index contributed by atoms with van der Waals surface area (Å²) in [6.07, 6.45) is 2.23. The predicted molar refractivity (Wildman–Crippen MR) is 115 cm³/mol. The highest BCUT2D eigenvalue weighted by atomic mass is 32.2. The Morgan fingerprint density at radius 1 is 1.17 bits per heavy atom. The predicted octanol–water partition coefficient (Wildman–Crippen LogP) is 5.18. The first-order valence-corrected chi connectivity index (χ1v) is 11.7. The highest BCUT2D eigenvalue weighted by Crippen LogP contribution is 2.43. The number of hydrogen-bond acceptors (Lipinski definition) is 4. The maximum atomic E-state index is 13.3. The molecule has 0 aliphatic carbocycles. The standard InChI is InChI=1S/C23H31NO4S/c1-6-23(7-2)15-20(18-10-8-9-11-22(18)28-23)24-29(25,26)17-12-13-21(27-5)19(14-17)16(3)4/h8-14,16,20,24H,6-7,15H2,1-5H3/t20-/m0/s1. The molecule has 0 aromatic heterocycles. The molecule has 5 nitrogen and oxygen atoms in total. The van der Waals surface area contributed by atoms with E-state index in [1.54, 1.807) is 25.3 Å². The van der Waals surface area contributed by atoms with Crippen LogP contribution in [0.3, 0.4) is 0 Å². The molecule has 0 amide bonds. The highest BCUT2D eigenvalue weighted by molar-refractivity contribution is 7.89. The van der Waals surface area contributed by atoms with Crippen LogP contribution in [-0.2, 0) is 10.0 Å². The highest BCUT2D eigenvalue weighted by Gasteiger charge is 2.40. The van der Waals surface area contributed by atoms with Gasteiger partial charge in [0.1, 0.15) is 17.1 Å². The minimum Gasteiger partial charge on any atom is -0.496 e. The molecule has 0 radical (unpaired) electrons. The molecule has 1 aliphatic rings. The number of methoxy groups -OCH3 is 1. The van der Waals surface area contributed by atoms with Gasteiger partial charge in [-0.1, -0.05) is 45.9 Å². The number of hydrogen-bond donors (Lipinski definition) is 1. The lowest BCUT2D eigenvalue weighted by Crippen LogP contribution is -2.44. The van der Waals surface area contributed by atoms with E-state index < -0.39 is 10.0 Å². The Balaban J connectivity index is 1.99. The van der Waals surface area contributed by atoms with Crippen molar-refractivity contribution in [1.82, 2.24) is 4.72 Å². The van der Waals surface area contributed by atoms with E-state index in [0.29, 0.717) is 12.2 Å². The Morgan fingerprint density at radius 2 is 1.86 bits per heavy atom. The van der Waals surface area contributed by atoms with Crippen LogP contribution in [0.1, 0.15) is 70.0 Å². The Hall–Kier alpha value is -2.05. The molecule has 3 rings (SSSR count). The summed E-state index contributed by atoms with van der Waals surface area (Å²) in [6, 6.07) is 12.4. The van der Waals surface area contributed by atoms with Crippen LogP contribution in [0, 0.1) is 0 Å². The molecule has 158 valence electrons. The van der Waals surface area contributed by atoms with Crippen LogP contribution in [-0.4, -0.2) is 21.1 Å². The maximum absolute atomic E-state index is 13.3. The van der Waals surface area contributed by atoms with Gasteiger partial charge in [-0.15, -0.1) is 0 Å². The zero-order valence-corrected chi connectivity index (χ0v) is 18.7. The molecule has 1 atom stereocenters. The molecule has 2 aromatic rings. The minimum atomic E-state index is -3.71. The Bertz CT molecular complexity index is 965. The fourth-order valence-electron chi connectivity index (χ4n) is 3.99. The van der Waals surface area contributed by atoms with Gasteiger partial charge in [-0.25, -0.2) is 13.1 Å². The second kappa shape index (κ2) is 8.36. The first-order chi connectivity index (χ1) is 13.7. The quantitative estimate of drug-likeness (QED) is 0.674. The molecule has 0 fully saturated rings. The molecule has 29 heavy (non-hydrogen) atoms. The smallest absolute Gasteiger partial charge is 0.241 e. The summed E-state index contributed by atoms with van der Waals surface area (Å²) in [5.74, 6) is 1.61. The van der Waals surface area contributed by atoms with Crippen LogP contribution in [0.25, 0.3) is 0 Å². The number of sulfonamides is 1.